The molecule has 0 bridgehead atoms. The second-order valence-electron chi connectivity index (χ2n) is 6.56. The molecule has 2 aromatic rings. The minimum Gasteiger partial charge on any atom is -0.356 e. The molecular formula is C19H27N3O. The second kappa shape index (κ2) is 7.64. The van der Waals surface area contributed by atoms with E-state index in [0.29, 0.717) is 6.42 Å². The van der Waals surface area contributed by atoms with E-state index in [4.69, 9.17) is 0 Å². The van der Waals surface area contributed by atoms with Crippen molar-refractivity contribution in [2.75, 3.05) is 26.2 Å². The fourth-order valence-corrected chi connectivity index (χ4v) is 3.50. The van der Waals surface area contributed by atoms with Gasteiger partial charge in [0, 0.05) is 30.7 Å². The van der Waals surface area contributed by atoms with Crippen molar-refractivity contribution in [3.05, 3.63) is 36.0 Å². The van der Waals surface area contributed by atoms with Crippen LogP contribution < -0.4 is 5.32 Å². The number of nitrogens with zero attached hydrogens (tertiary/aromatic N) is 2. The lowest BCUT2D eigenvalue weighted by Gasteiger charge is -2.13. The van der Waals surface area contributed by atoms with Gasteiger partial charge in [0.15, 0.2) is 0 Å². The highest BCUT2D eigenvalue weighted by molar-refractivity contribution is 5.89. The van der Waals surface area contributed by atoms with Gasteiger partial charge in [0.05, 0.1) is 6.42 Å². The van der Waals surface area contributed by atoms with E-state index < -0.39 is 0 Å². The number of para-hydroxylation sites is 1. The van der Waals surface area contributed by atoms with Gasteiger partial charge in [-0.15, -0.1) is 0 Å². The maximum absolute atomic E-state index is 12.2. The Morgan fingerprint density at radius 1 is 1.17 bits per heavy atom. The molecule has 0 aliphatic carbocycles. The molecule has 0 saturated carbocycles. The average Bonchev–Trinajstić information content (AvgIpc) is 3.17. The maximum atomic E-state index is 12.2. The third kappa shape index (κ3) is 4.14. The summed E-state index contributed by atoms with van der Waals surface area (Å²) < 4.78 is 2.09. The summed E-state index contributed by atoms with van der Waals surface area (Å²) in [7, 11) is 2.03. The zero-order valence-corrected chi connectivity index (χ0v) is 14.1. The van der Waals surface area contributed by atoms with E-state index in [-0.39, 0.29) is 5.91 Å². The van der Waals surface area contributed by atoms with Crippen LogP contribution in [-0.4, -0.2) is 41.6 Å². The van der Waals surface area contributed by atoms with Gasteiger partial charge >= 0.3 is 0 Å². The molecule has 3 rings (SSSR count). The maximum Gasteiger partial charge on any atom is 0.224 e. The minimum absolute atomic E-state index is 0.127. The van der Waals surface area contributed by atoms with Crippen LogP contribution in [0.4, 0.5) is 0 Å². The Hall–Kier alpha value is -1.81. The van der Waals surface area contributed by atoms with Crippen LogP contribution in [-0.2, 0) is 18.3 Å². The highest BCUT2D eigenvalue weighted by atomic mass is 16.1. The monoisotopic (exact) mass is 313 g/mol. The second-order valence-corrected chi connectivity index (χ2v) is 6.56. The van der Waals surface area contributed by atoms with Crippen LogP contribution in [0.1, 0.15) is 31.2 Å². The Bertz CT molecular complexity index is 656. The van der Waals surface area contributed by atoms with Crippen LogP contribution >= 0.6 is 0 Å². The van der Waals surface area contributed by atoms with Crippen LogP contribution in [0.25, 0.3) is 10.9 Å². The van der Waals surface area contributed by atoms with Crippen molar-refractivity contribution in [3.8, 4) is 0 Å². The molecule has 4 nitrogen and oxygen atoms in total. The summed E-state index contributed by atoms with van der Waals surface area (Å²) in [6, 6.07) is 8.25. The number of aromatic nitrogens is 1. The largest absolute Gasteiger partial charge is 0.356 e. The molecule has 124 valence electrons. The number of fused-ring (bicyclic) bond motifs is 1. The van der Waals surface area contributed by atoms with Crippen LogP contribution in [0.2, 0.25) is 0 Å². The lowest BCUT2D eigenvalue weighted by Crippen LogP contribution is -2.27. The van der Waals surface area contributed by atoms with E-state index in [0.717, 1.165) is 18.5 Å². The summed E-state index contributed by atoms with van der Waals surface area (Å²) in [5.74, 6) is 0.127. The van der Waals surface area contributed by atoms with Gasteiger partial charge in [-0.25, -0.2) is 0 Å². The normalized spacial score (nSPS) is 15.3. The summed E-state index contributed by atoms with van der Waals surface area (Å²) in [5.41, 5.74) is 2.29. The van der Waals surface area contributed by atoms with Gasteiger partial charge in [-0.05, 0) is 56.9 Å². The predicted octanol–water partition coefficient (Wildman–Crippen LogP) is 2.71. The fourth-order valence-electron chi connectivity index (χ4n) is 3.50. The first kappa shape index (κ1) is 16.1. The van der Waals surface area contributed by atoms with E-state index >= 15 is 0 Å². The molecule has 0 spiro atoms. The minimum atomic E-state index is 0.127. The van der Waals surface area contributed by atoms with Gasteiger partial charge in [-0.3, -0.25) is 4.79 Å². The summed E-state index contributed by atoms with van der Waals surface area (Å²) in [5, 5.41) is 4.24. The van der Waals surface area contributed by atoms with Crippen molar-refractivity contribution >= 4 is 16.8 Å². The van der Waals surface area contributed by atoms with E-state index in [9.17, 15) is 4.79 Å². The van der Waals surface area contributed by atoms with Gasteiger partial charge in [-0.2, -0.15) is 0 Å². The molecule has 4 heteroatoms. The molecule has 2 heterocycles. The number of unbranched alkanes of at least 4 members (excludes halogenated alkanes) is 1. The van der Waals surface area contributed by atoms with Crippen molar-refractivity contribution < 1.29 is 4.79 Å². The molecule has 1 amide bonds. The number of amides is 1. The molecule has 1 N–H and O–H groups in total. The number of likely N-dealkylation sites (tertiary alicyclic amines) is 1. The molecule has 1 saturated heterocycles. The van der Waals surface area contributed by atoms with Crippen LogP contribution in [0, 0.1) is 0 Å². The SMILES string of the molecule is Cn1cc(CC(=O)NCCCCN2CCCC2)c2ccccc21. The summed E-state index contributed by atoms with van der Waals surface area (Å²) >= 11 is 0. The summed E-state index contributed by atoms with van der Waals surface area (Å²) in [6.45, 7) is 4.48. The molecule has 1 aromatic carbocycles. The highest BCUT2D eigenvalue weighted by Crippen LogP contribution is 2.20. The van der Waals surface area contributed by atoms with Crippen molar-refractivity contribution in [1.29, 1.82) is 0 Å². The molecule has 0 radical (unpaired) electrons. The van der Waals surface area contributed by atoms with Gasteiger partial charge in [0.1, 0.15) is 0 Å². The molecule has 1 fully saturated rings. The number of hydrogen-bond donors (Lipinski definition) is 1. The first-order chi connectivity index (χ1) is 11.2. The first-order valence-corrected chi connectivity index (χ1v) is 8.76. The molecule has 1 aliphatic heterocycles. The van der Waals surface area contributed by atoms with Crippen molar-refractivity contribution in [2.24, 2.45) is 7.05 Å². The van der Waals surface area contributed by atoms with Crippen LogP contribution in [0.15, 0.2) is 30.5 Å². The number of rotatable bonds is 7. The molecule has 23 heavy (non-hydrogen) atoms. The van der Waals surface area contributed by atoms with Crippen LogP contribution in [0.3, 0.4) is 0 Å². The number of benzene rings is 1. The Labute approximate surface area is 138 Å². The first-order valence-electron chi connectivity index (χ1n) is 8.76. The average molecular weight is 313 g/mol. The number of aryl methyl sites for hydroxylation is 1. The number of hydrogen-bond acceptors (Lipinski definition) is 2. The Kier molecular flexibility index (Phi) is 5.34. The topological polar surface area (TPSA) is 37.3 Å². The Morgan fingerprint density at radius 3 is 2.78 bits per heavy atom. The highest BCUT2D eigenvalue weighted by Gasteiger charge is 2.11. The standard InChI is InChI=1S/C19H27N3O/c1-21-15-16(17-8-2-3-9-18(17)21)14-19(23)20-10-4-5-11-22-12-6-7-13-22/h2-3,8-9,15H,4-7,10-14H2,1H3,(H,20,23). The van der Waals surface area contributed by atoms with Crippen molar-refractivity contribution in [3.63, 3.8) is 0 Å². The zero-order chi connectivity index (χ0) is 16.1. The van der Waals surface area contributed by atoms with Gasteiger partial charge in [0.2, 0.25) is 5.91 Å². The Morgan fingerprint density at radius 2 is 1.96 bits per heavy atom. The number of nitrogens with one attached hydrogen (secondary N) is 1. The molecule has 1 aromatic heterocycles. The van der Waals surface area contributed by atoms with E-state index in [1.165, 1.54) is 49.8 Å². The van der Waals surface area contributed by atoms with Gasteiger partial charge in [-0.1, -0.05) is 18.2 Å². The fraction of sp³-hybridized carbons (Fsp3) is 0.526. The quantitative estimate of drug-likeness (QED) is 0.798. The van der Waals surface area contributed by atoms with Crippen LogP contribution in [0.5, 0.6) is 0 Å². The van der Waals surface area contributed by atoms with Crippen molar-refractivity contribution in [2.45, 2.75) is 32.1 Å². The van der Waals surface area contributed by atoms with E-state index in [1.807, 2.05) is 19.2 Å². The smallest absolute Gasteiger partial charge is 0.224 e. The number of carbonyl (C=O) groups excluding carboxylic acids is 1. The third-order valence-corrected chi connectivity index (χ3v) is 4.75. The van der Waals surface area contributed by atoms with Crippen molar-refractivity contribution in [1.82, 2.24) is 14.8 Å². The summed E-state index contributed by atoms with van der Waals surface area (Å²) in [6.07, 6.45) is 7.47. The predicted molar refractivity (Wildman–Crippen MR) is 94.5 cm³/mol. The summed E-state index contributed by atoms with van der Waals surface area (Å²) in [4.78, 5) is 14.7. The molecular weight excluding hydrogens is 286 g/mol. The van der Waals surface area contributed by atoms with E-state index in [1.54, 1.807) is 0 Å². The molecule has 0 unspecified atom stereocenters. The third-order valence-electron chi connectivity index (χ3n) is 4.75. The molecule has 1 aliphatic rings. The number of carbonyl (C=O) groups is 1. The lowest BCUT2D eigenvalue weighted by atomic mass is 10.1. The lowest BCUT2D eigenvalue weighted by molar-refractivity contribution is -0.120. The zero-order valence-electron chi connectivity index (χ0n) is 14.1. The van der Waals surface area contributed by atoms with Gasteiger partial charge < -0.3 is 14.8 Å². The van der Waals surface area contributed by atoms with Gasteiger partial charge in [0.25, 0.3) is 0 Å². The van der Waals surface area contributed by atoms with E-state index in [2.05, 4.69) is 33.1 Å². The molecule has 0 atom stereocenters. The Balaban J connectivity index is 1.42.